The third kappa shape index (κ3) is 2.82. The Kier molecular flexibility index (Phi) is 3.94. The molecular formula is C12H17N3S. The van der Waals surface area contributed by atoms with E-state index in [1.807, 2.05) is 12.1 Å². The smallest absolute Gasteiger partial charge is 0.110 e. The minimum atomic E-state index is 0.690. The number of likely N-dealkylation sites (N-methyl/N-ethyl adjacent to an activating group) is 1. The van der Waals surface area contributed by atoms with E-state index in [0.717, 1.165) is 18.0 Å². The molecule has 1 aromatic heterocycles. The molecule has 1 aliphatic heterocycles. The molecule has 1 aromatic rings. The maximum absolute atomic E-state index is 8.72. The molecule has 86 valence electrons. The van der Waals surface area contributed by atoms with Crippen LogP contribution in [0.4, 0.5) is 0 Å². The SMILES string of the molecule is CN1CCCC1CNCc1ccc(C#N)s1. The van der Waals surface area contributed by atoms with E-state index in [1.165, 1.54) is 24.3 Å². The number of nitrogens with zero attached hydrogens (tertiary/aromatic N) is 2. The largest absolute Gasteiger partial charge is 0.310 e. The zero-order chi connectivity index (χ0) is 11.4. The van der Waals surface area contributed by atoms with Gasteiger partial charge in [-0.1, -0.05) is 0 Å². The summed E-state index contributed by atoms with van der Waals surface area (Å²) in [5.41, 5.74) is 0. The van der Waals surface area contributed by atoms with Crippen LogP contribution in [0.25, 0.3) is 0 Å². The maximum Gasteiger partial charge on any atom is 0.110 e. The minimum Gasteiger partial charge on any atom is -0.310 e. The van der Waals surface area contributed by atoms with Crippen molar-refractivity contribution in [2.45, 2.75) is 25.4 Å². The van der Waals surface area contributed by atoms with Crippen molar-refractivity contribution in [3.05, 3.63) is 21.9 Å². The van der Waals surface area contributed by atoms with Gasteiger partial charge in [-0.05, 0) is 38.6 Å². The predicted molar refractivity (Wildman–Crippen MR) is 66.4 cm³/mol. The monoisotopic (exact) mass is 235 g/mol. The van der Waals surface area contributed by atoms with Gasteiger partial charge in [0.05, 0.1) is 0 Å². The van der Waals surface area contributed by atoms with E-state index < -0.39 is 0 Å². The van der Waals surface area contributed by atoms with Gasteiger partial charge in [-0.15, -0.1) is 11.3 Å². The van der Waals surface area contributed by atoms with Crippen molar-refractivity contribution in [2.24, 2.45) is 0 Å². The van der Waals surface area contributed by atoms with Crippen molar-refractivity contribution < 1.29 is 0 Å². The fourth-order valence-electron chi connectivity index (χ4n) is 2.13. The van der Waals surface area contributed by atoms with Crippen molar-refractivity contribution in [1.29, 1.82) is 5.26 Å². The Balaban J connectivity index is 1.73. The van der Waals surface area contributed by atoms with E-state index >= 15 is 0 Å². The van der Waals surface area contributed by atoms with Gasteiger partial charge in [-0.25, -0.2) is 0 Å². The van der Waals surface area contributed by atoms with Gasteiger partial charge in [-0.3, -0.25) is 0 Å². The second kappa shape index (κ2) is 5.44. The van der Waals surface area contributed by atoms with Gasteiger partial charge in [0.2, 0.25) is 0 Å². The topological polar surface area (TPSA) is 39.1 Å². The van der Waals surface area contributed by atoms with Crippen LogP contribution in [0.5, 0.6) is 0 Å². The minimum absolute atomic E-state index is 0.690. The molecular weight excluding hydrogens is 218 g/mol. The van der Waals surface area contributed by atoms with Crippen molar-refractivity contribution in [3.63, 3.8) is 0 Å². The lowest BCUT2D eigenvalue weighted by atomic mass is 10.2. The van der Waals surface area contributed by atoms with Crippen LogP contribution < -0.4 is 5.32 Å². The van der Waals surface area contributed by atoms with E-state index in [1.54, 1.807) is 11.3 Å². The van der Waals surface area contributed by atoms with Crippen LogP contribution in [0.15, 0.2) is 12.1 Å². The van der Waals surface area contributed by atoms with Gasteiger partial charge >= 0.3 is 0 Å². The first kappa shape index (κ1) is 11.6. The Morgan fingerprint density at radius 2 is 2.50 bits per heavy atom. The van der Waals surface area contributed by atoms with Crippen molar-refractivity contribution in [3.8, 4) is 6.07 Å². The highest BCUT2D eigenvalue weighted by atomic mass is 32.1. The molecule has 3 nitrogen and oxygen atoms in total. The average Bonchev–Trinajstić information content (AvgIpc) is 2.89. The summed E-state index contributed by atoms with van der Waals surface area (Å²) in [4.78, 5) is 4.47. The lowest BCUT2D eigenvalue weighted by Gasteiger charge is -2.19. The third-order valence-corrected chi connectivity index (χ3v) is 4.11. The Bertz CT molecular complexity index is 380. The quantitative estimate of drug-likeness (QED) is 0.865. The van der Waals surface area contributed by atoms with Crippen LogP contribution in [-0.4, -0.2) is 31.1 Å². The number of nitrogens with one attached hydrogen (secondary N) is 1. The Hall–Kier alpha value is -0.890. The average molecular weight is 235 g/mol. The fourth-order valence-corrected chi connectivity index (χ4v) is 2.91. The molecule has 1 atom stereocenters. The lowest BCUT2D eigenvalue weighted by molar-refractivity contribution is 0.300. The predicted octanol–water partition coefficient (Wildman–Crippen LogP) is 1.80. The normalized spacial score (nSPS) is 21.1. The molecule has 0 aliphatic carbocycles. The summed E-state index contributed by atoms with van der Waals surface area (Å²) >= 11 is 1.58. The summed E-state index contributed by atoms with van der Waals surface area (Å²) in [6.45, 7) is 3.16. The van der Waals surface area contributed by atoms with Crippen molar-refractivity contribution in [1.82, 2.24) is 10.2 Å². The lowest BCUT2D eigenvalue weighted by Crippen LogP contribution is -2.34. The first-order chi connectivity index (χ1) is 7.79. The number of hydrogen-bond acceptors (Lipinski definition) is 4. The second-order valence-electron chi connectivity index (χ2n) is 4.29. The third-order valence-electron chi connectivity index (χ3n) is 3.12. The zero-order valence-corrected chi connectivity index (χ0v) is 10.4. The highest BCUT2D eigenvalue weighted by Crippen LogP contribution is 2.16. The summed E-state index contributed by atoms with van der Waals surface area (Å²) < 4.78 is 0. The summed E-state index contributed by atoms with van der Waals surface area (Å²) in [6, 6.07) is 6.79. The molecule has 4 heteroatoms. The number of likely N-dealkylation sites (tertiary alicyclic amines) is 1. The number of rotatable bonds is 4. The molecule has 1 unspecified atom stereocenters. The summed E-state index contributed by atoms with van der Waals surface area (Å²) in [5, 5.41) is 12.2. The van der Waals surface area contributed by atoms with Crippen LogP contribution in [0.1, 0.15) is 22.6 Å². The van der Waals surface area contributed by atoms with Gasteiger partial charge in [0, 0.05) is 24.0 Å². The molecule has 1 saturated heterocycles. The highest BCUT2D eigenvalue weighted by molar-refractivity contribution is 7.12. The Morgan fingerprint density at radius 3 is 3.12 bits per heavy atom. The van der Waals surface area contributed by atoms with E-state index in [9.17, 15) is 0 Å². The van der Waals surface area contributed by atoms with E-state index in [0.29, 0.717) is 6.04 Å². The van der Waals surface area contributed by atoms with Crippen molar-refractivity contribution in [2.75, 3.05) is 20.1 Å². The van der Waals surface area contributed by atoms with Crippen LogP contribution in [0.3, 0.4) is 0 Å². The Labute approximate surface area is 101 Å². The molecule has 16 heavy (non-hydrogen) atoms. The molecule has 0 amide bonds. The van der Waals surface area contributed by atoms with Crippen LogP contribution in [0, 0.1) is 11.3 Å². The van der Waals surface area contributed by atoms with Crippen molar-refractivity contribution >= 4 is 11.3 Å². The number of hydrogen-bond donors (Lipinski definition) is 1. The molecule has 1 N–H and O–H groups in total. The van der Waals surface area contributed by atoms with Crippen LogP contribution >= 0.6 is 11.3 Å². The Morgan fingerprint density at radius 1 is 1.62 bits per heavy atom. The van der Waals surface area contributed by atoms with Gasteiger partial charge in [0.15, 0.2) is 0 Å². The van der Waals surface area contributed by atoms with Gasteiger partial charge in [0.25, 0.3) is 0 Å². The molecule has 2 heterocycles. The second-order valence-corrected chi connectivity index (χ2v) is 5.45. The summed E-state index contributed by atoms with van der Waals surface area (Å²) in [5.74, 6) is 0. The first-order valence-electron chi connectivity index (χ1n) is 5.69. The fraction of sp³-hybridized carbons (Fsp3) is 0.583. The number of nitriles is 1. The van der Waals surface area contributed by atoms with E-state index in [-0.39, 0.29) is 0 Å². The van der Waals surface area contributed by atoms with Crippen LogP contribution in [-0.2, 0) is 6.54 Å². The maximum atomic E-state index is 8.72. The summed E-state index contributed by atoms with van der Waals surface area (Å²) in [6.07, 6.45) is 2.62. The molecule has 0 bridgehead atoms. The molecule has 0 saturated carbocycles. The number of thiophene rings is 1. The molecule has 1 fully saturated rings. The molecule has 1 aliphatic rings. The molecule has 0 aromatic carbocycles. The van der Waals surface area contributed by atoms with Crippen LogP contribution in [0.2, 0.25) is 0 Å². The zero-order valence-electron chi connectivity index (χ0n) is 9.57. The molecule has 0 spiro atoms. The first-order valence-corrected chi connectivity index (χ1v) is 6.51. The van der Waals surface area contributed by atoms with E-state index in [4.69, 9.17) is 5.26 Å². The summed E-state index contributed by atoms with van der Waals surface area (Å²) in [7, 11) is 2.19. The molecule has 0 radical (unpaired) electrons. The highest BCUT2D eigenvalue weighted by Gasteiger charge is 2.19. The van der Waals surface area contributed by atoms with E-state index in [2.05, 4.69) is 23.3 Å². The van der Waals surface area contributed by atoms with Gasteiger partial charge < -0.3 is 10.2 Å². The standard InChI is InChI=1S/C12H17N3S/c1-15-6-2-3-10(15)8-14-9-12-5-4-11(7-13)16-12/h4-5,10,14H,2-3,6,8-9H2,1H3. The van der Waals surface area contributed by atoms with Gasteiger partial charge in [-0.2, -0.15) is 5.26 Å². The van der Waals surface area contributed by atoms with Gasteiger partial charge in [0.1, 0.15) is 10.9 Å². The molecule has 2 rings (SSSR count).